The number of hydrogen-bond donors (Lipinski definition) is 1. The lowest BCUT2D eigenvalue weighted by Gasteiger charge is -2.26. The Balaban J connectivity index is 1.62. The van der Waals surface area contributed by atoms with Crippen LogP contribution in [0.4, 0.5) is 14.5 Å². The maximum absolute atomic E-state index is 13.6. The number of nitrogens with zero attached hydrogens (tertiary/aromatic N) is 1. The molecule has 1 aliphatic rings. The van der Waals surface area contributed by atoms with E-state index in [4.69, 9.17) is 0 Å². The van der Waals surface area contributed by atoms with Crippen molar-refractivity contribution in [1.82, 2.24) is 4.90 Å². The van der Waals surface area contributed by atoms with Gasteiger partial charge in [-0.2, -0.15) is 0 Å². The molecule has 5 heteroatoms. The molecule has 0 atom stereocenters. The molecule has 1 saturated heterocycles. The quantitative estimate of drug-likeness (QED) is 0.911. The molecule has 126 valence electrons. The average Bonchev–Trinajstić information content (AvgIpc) is 2.57. The molecule has 3 rings (SSSR count). The minimum absolute atomic E-state index is 0.172. The van der Waals surface area contributed by atoms with Gasteiger partial charge in [-0.05, 0) is 55.8 Å². The van der Waals surface area contributed by atoms with Crippen LogP contribution in [0, 0.1) is 11.6 Å². The summed E-state index contributed by atoms with van der Waals surface area (Å²) in [5.74, 6) is -2.16. The van der Waals surface area contributed by atoms with Crippen molar-refractivity contribution in [3.63, 3.8) is 0 Å². The summed E-state index contributed by atoms with van der Waals surface area (Å²) in [6, 6.07) is 10.5. The fourth-order valence-corrected chi connectivity index (χ4v) is 2.94. The van der Waals surface area contributed by atoms with E-state index in [0.717, 1.165) is 31.8 Å². The molecule has 1 heterocycles. The van der Waals surface area contributed by atoms with Crippen molar-refractivity contribution in [2.24, 2.45) is 0 Å². The molecule has 0 spiro atoms. The maximum Gasteiger partial charge on any atom is 0.258 e. The van der Waals surface area contributed by atoms with Crippen LogP contribution >= 0.6 is 0 Å². The fourth-order valence-electron chi connectivity index (χ4n) is 2.94. The summed E-state index contributed by atoms with van der Waals surface area (Å²) in [4.78, 5) is 14.5. The van der Waals surface area contributed by atoms with Gasteiger partial charge in [-0.3, -0.25) is 9.69 Å². The van der Waals surface area contributed by atoms with Crippen molar-refractivity contribution in [3.05, 3.63) is 65.2 Å². The number of carbonyl (C=O) groups is 1. The molecular weight excluding hydrogens is 310 g/mol. The van der Waals surface area contributed by atoms with E-state index in [1.807, 2.05) is 12.1 Å². The van der Waals surface area contributed by atoms with Gasteiger partial charge in [0.1, 0.15) is 11.6 Å². The van der Waals surface area contributed by atoms with Gasteiger partial charge < -0.3 is 5.32 Å². The molecule has 1 amide bonds. The number of halogens is 2. The largest absolute Gasteiger partial charge is 0.322 e. The van der Waals surface area contributed by atoms with Gasteiger partial charge in [0.25, 0.3) is 5.91 Å². The molecule has 2 aromatic carbocycles. The Hall–Kier alpha value is -2.27. The minimum atomic E-state index is -0.866. The Labute approximate surface area is 140 Å². The topological polar surface area (TPSA) is 32.3 Å². The maximum atomic E-state index is 13.6. The van der Waals surface area contributed by atoms with Gasteiger partial charge in [0, 0.05) is 18.3 Å². The first-order valence-electron chi connectivity index (χ1n) is 8.19. The summed E-state index contributed by atoms with van der Waals surface area (Å²) in [5, 5.41) is 2.63. The lowest BCUT2D eigenvalue weighted by molar-refractivity contribution is 0.102. The van der Waals surface area contributed by atoms with Gasteiger partial charge in [-0.25, -0.2) is 8.78 Å². The number of likely N-dealkylation sites (tertiary alicyclic amines) is 1. The van der Waals surface area contributed by atoms with Crippen molar-refractivity contribution in [2.45, 2.75) is 25.8 Å². The molecule has 2 aromatic rings. The number of anilines is 1. The monoisotopic (exact) mass is 330 g/mol. The summed E-state index contributed by atoms with van der Waals surface area (Å²) in [5.41, 5.74) is 1.60. The predicted molar refractivity (Wildman–Crippen MR) is 89.9 cm³/mol. The van der Waals surface area contributed by atoms with Gasteiger partial charge in [0.05, 0.1) is 5.56 Å². The van der Waals surface area contributed by atoms with E-state index in [2.05, 4.69) is 10.2 Å². The number of piperidine rings is 1. The summed E-state index contributed by atoms with van der Waals surface area (Å²) >= 11 is 0. The van der Waals surface area contributed by atoms with Crippen LogP contribution in [0.3, 0.4) is 0 Å². The van der Waals surface area contributed by atoms with Gasteiger partial charge in [0.2, 0.25) is 0 Å². The number of benzene rings is 2. The number of carbonyl (C=O) groups excluding carboxylic acids is 1. The van der Waals surface area contributed by atoms with Crippen LogP contribution in [0.15, 0.2) is 42.5 Å². The van der Waals surface area contributed by atoms with Gasteiger partial charge in [0.15, 0.2) is 0 Å². The number of hydrogen-bond acceptors (Lipinski definition) is 2. The molecule has 1 aliphatic heterocycles. The third-order valence-electron chi connectivity index (χ3n) is 4.24. The fraction of sp³-hybridized carbons (Fsp3) is 0.316. The molecule has 0 aromatic heterocycles. The number of rotatable bonds is 4. The average molecular weight is 330 g/mol. The van der Waals surface area contributed by atoms with E-state index in [0.29, 0.717) is 11.8 Å². The minimum Gasteiger partial charge on any atom is -0.322 e. The Kier molecular flexibility index (Phi) is 5.20. The Bertz CT molecular complexity index is 710. The summed E-state index contributed by atoms with van der Waals surface area (Å²) in [7, 11) is 0. The van der Waals surface area contributed by atoms with Crippen LogP contribution in [0.2, 0.25) is 0 Å². The van der Waals surface area contributed by atoms with Crippen LogP contribution in [-0.2, 0) is 6.54 Å². The highest BCUT2D eigenvalue weighted by Crippen LogP contribution is 2.17. The molecule has 0 aliphatic carbocycles. The number of amides is 1. The standard InChI is InChI=1S/C19H20F2N2O/c20-15-6-9-17(18(21)12-15)19(24)22-16-7-4-14(5-8-16)13-23-10-2-1-3-11-23/h4-9,12H,1-3,10-11,13H2,(H,22,24). The van der Waals surface area contributed by atoms with E-state index in [-0.39, 0.29) is 5.56 Å². The van der Waals surface area contributed by atoms with Crippen molar-refractivity contribution in [1.29, 1.82) is 0 Å². The Morgan fingerprint density at radius 2 is 1.71 bits per heavy atom. The first-order valence-corrected chi connectivity index (χ1v) is 8.19. The first kappa shape index (κ1) is 16.6. The second kappa shape index (κ2) is 7.53. The highest BCUT2D eigenvalue weighted by atomic mass is 19.1. The van der Waals surface area contributed by atoms with E-state index in [1.165, 1.54) is 24.8 Å². The summed E-state index contributed by atoms with van der Waals surface area (Å²) < 4.78 is 26.5. The zero-order valence-corrected chi connectivity index (χ0v) is 13.4. The molecule has 0 bridgehead atoms. The molecule has 24 heavy (non-hydrogen) atoms. The van der Waals surface area contributed by atoms with Crippen molar-refractivity contribution >= 4 is 11.6 Å². The van der Waals surface area contributed by atoms with Gasteiger partial charge >= 0.3 is 0 Å². The van der Waals surface area contributed by atoms with E-state index >= 15 is 0 Å². The van der Waals surface area contributed by atoms with Crippen molar-refractivity contribution in [3.8, 4) is 0 Å². The van der Waals surface area contributed by atoms with E-state index < -0.39 is 17.5 Å². The third kappa shape index (κ3) is 4.17. The smallest absolute Gasteiger partial charge is 0.258 e. The number of nitrogens with one attached hydrogen (secondary N) is 1. The molecule has 0 unspecified atom stereocenters. The van der Waals surface area contributed by atoms with E-state index in [1.54, 1.807) is 12.1 Å². The highest BCUT2D eigenvalue weighted by Gasteiger charge is 2.13. The van der Waals surface area contributed by atoms with Crippen LogP contribution < -0.4 is 5.32 Å². The molecule has 3 nitrogen and oxygen atoms in total. The van der Waals surface area contributed by atoms with Crippen LogP contribution in [0.25, 0.3) is 0 Å². The molecular formula is C19H20F2N2O. The van der Waals surface area contributed by atoms with Gasteiger partial charge in [-0.15, -0.1) is 0 Å². The summed E-state index contributed by atoms with van der Waals surface area (Å²) in [6.45, 7) is 3.16. The normalized spacial score (nSPS) is 15.2. The first-order chi connectivity index (χ1) is 11.6. The lowest BCUT2D eigenvalue weighted by Crippen LogP contribution is -2.29. The molecule has 1 fully saturated rings. The lowest BCUT2D eigenvalue weighted by atomic mass is 10.1. The van der Waals surface area contributed by atoms with Gasteiger partial charge in [-0.1, -0.05) is 18.6 Å². The Morgan fingerprint density at radius 1 is 1.00 bits per heavy atom. The summed E-state index contributed by atoms with van der Waals surface area (Å²) in [6.07, 6.45) is 3.80. The second-order valence-electron chi connectivity index (χ2n) is 6.11. The van der Waals surface area contributed by atoms with Crippen molar-refractivity contribution in [2.75, 3.05) is 18.4 Å². The van der Waals surface area contributed by atoms with E-state index in [9.17, 15) is 13.6 Å². The predicted octanol–water partition coefficient (Wildman–Crippen LogP) is 4.20. The SMILES string of the molecule is O=C(Nc1ccc(CN2CCCCC2)cc1)c1ccc(F)cc1F. The van der Waals surface area contributed by atoms with Crippen LogP contribution in [-0.4, -0.2) is 23.9 Å². The van der Waals surface area contributed by atoms with Crippen LogP contribution in [0.5, 0.6) is 0 Å². The zero-order valence-electron chi connectivity index (χ0n) is 13.4. The zero-order chi connectivity index (χ0) is 16.9. The van der Waals surface area contributed by atoms with Crippen molar-refractivity contribution < 1.29 is 13.6 Å². The molecule has 0 saturated carbocycles. The highest BCUT2D eigenvalue weighted by molar-refractivity contribution is 6.04. The van der Waals surface area contributed by atoms with Crippen LogP contribution in [0.1, 0.15) is 35.2 Å². The second-order valence-corrected chi connectivity index (χ2v) is 6.11. The Morgan fingerprint density at radius 3 is 2.38 bits per heavy atom. The molecule has 0 radical (unpaired) electrons. The molecule has 1 N–H and O–H groups in total. The third-order valence-corrected chi connectivity index (χ3v) is 4.24.